The molecule has 1 aromatic rings. The molecule has 0 heterocycles. The fraction of sp³-hybridized carbons (Fsp3) is 0.375. The number of hydrogen-bond acceptors (Lipinski definition) is 6. The molecule has 8 heteroatoms. The molecule has 0 aliphatic heterocycles. The van der Waals surface area contributed by atoms with Crippen molar-refractivity contribution in [3.05, 3.63) is 45.5 Å². The van der Waals surface area contributed by atoms with E-state index < -0.39 is 22.6 Å². The number of benzene rings is 1. The standard InChI is InChI=1S/C16H20N2O6/c1-16(2,3)24-15(20)17-7-5-6-11-8-12(14(19)23-4)10-13(9-11)18(21)22/h5-6,8-10H,7H2,1-4H3,(H,17,20). The van der Waals surface area contributed by atoms with Crippen molar-refractivity contribution in [1.29, 1.82) is 0 Å². The summed E-state index contributed by atoms with van der Waals surface area (Å²) in [6.07, 6.45) is 2.57. The van der Waals surface area contributed by atoms with Crippen molar-refractivity contribution in [3.8, 4) is 0 Å². The van der Waals surface area contributed by atoms with Gasteiger partial charge in [-0.25, -0.2) is 9.59 Å². The van der Waals surface area contributed by atoms with Crippen LogP contribution in [0.1, 0.15) is 36.7 Å². The lowest BCUT2D eigenvalue weighted by molar-refractivity contribution is -0.384. The number of carbonyl (C=O) groups is 2. The largest absolute Gasteiger partial charge is 0.465 e. The van der Waals surface area contributed by atoms with Gasteiger partial charge in [0.2, 0.25) is 0 Å². The van der Waals surface area contributed by atoms with Crippen molar-refractivity contribution in [2.45, 2.75) is 26.4 Å². The van der Waals surface area contributed by atoms with E-state index in [1.165, 1.54) is 19.2 Å². The smallest absolute Gasteiger partial charge is 0.407 e. The number of amides is 1. The number of nitrogens with zero attached hydrogens (tertiary/aromatic N) is 1. The summed E-state index contributed by atoms with van der Waals surface area (Å²) in [7, 11) is 1.20. The number of alkyl carbamates (subject to hydrolysis) is 1. The van der Waals surface area contributed by atoms with Gasteiger partial charge in [0.25, 0.3) is 5.69 Å². The van der Waals surface area contributed by atoms with Crippen LogP contribution in [0.2, 0.25) is 0 Å². The number of nitrogens with one attached hydrogen (secondary N) is 1. The summed E-state index contributed by atoms with van der Waals surface area (Å²) >= 11 is 0. The molecule has 0 unspecified atom stereocenters. The number of esters is 1. The van der Waals surface area contributed by atoms with Crippen LogP contribution in [0.25, 0.3) is 6.08 Å². The van der Waals surface area contributed by atoms with Crippen LogP contribution in [-0.2, 0) is 9.47 Å². The lowest BCUT2D eigenvalue weighted by atomic mass is 10.1. The zero-order chi connectivity index (χ0) is 18.3. The van der Waals surface area contributed by atoms with E-state index in [9.17, 15) is 19.7 Å². The molecular formula is C16H20N2O6. The van der Waals surface area contributed by atoms with Gasteiger partial charge in [0.15, 0.2) is 0 Å². The predicted octanol–water partition coefficient (Wildman–Crippen LogP) is 2.92. The van der Waals surface area contributed by atoms with Crippen molar-refractivity contribution in [2.24, 2.45) is 0 Å². The molecule has 0 aliphatic rings. The SMILES string of the molecule is COC(=O)c1cc(C=CCNC(=O)OC(C)(C)C)cc([N+](=O)[O-])c1. The molecule has 0 bridgehead atoms. The molecule has 0 aliphatic carbocycles. The summed E-state index contributed by atoms with van der Waals surface area (Å²) in [5.74, 6) is -0.666. The normalized spacial score (nSPS) is 11.2. The molecule has 0 saturated heterocycles. The van der Waals surface area contributed by atoms with E-state index in [0.717, 1.165) is 6.07 Å². The van der Waals surface area contributed by atoms with Gasteiger partial charge in [-0.2, -0.15) is 0 Å². The zero-order valence-electron chi connectivity index (χ0n) is 14.0. The number of carbonyl (C=O) groups excluding carboxylic acids is 2. The van der Waals surface area contributed by atoms with Gasteiger partial charge in [-0.05, 0) is 32.4 Å². The van der Waals surface area contributed by atoms with Crippen LogP contribution < -0.4 is 5.32 Å². The van der Waals surface area contributed by atoms with E-state index in [2.05, 4.69) is 10.1 Å². The first-order chi connectivity index (χ1) is 11.1. The number of rotatable bonds is 5. The topological polar surface area (TPSA) is 108 Å². The highest BCUT2D eigenvalue weighted by Crippen LogP contribution is 2.19. The van der Waals surface area contributed by atoms with E-state index in [1.807, 2.05) is 0 Å². The highest BCUT2D eigenvalue weighted by molar-refractivity contribution is 5.91. The molecule has 0 fully saturated rings. The highest BCUT2D eigenvalue weighted by atomic mass is 16.6. The number of nitro benzene ring substituents is 1. The van der Waals surface area contributed by atoms with Gasteiger partial charge in [-0.1, -0.05) is 12.2 Å². The number of methoxy groups -OCH3 is 1. The molecule has 130 valence electrons. The van der Waals surface area contributed by atoms with Gasteiger partial charge in [-0.3, -0.25) is 10.1 Å². The summed E-state index contributed by atoms with van der Waals surface area (Å²) < 4.78 is 9.64. The molecule has 1 rings (SSSR count). The number of nitro groups is 1. The zero-order valence-corrected chi connectivity index (χ0v) is 14.0. The van der Waals surface area contributed by atoms with Crippen LogP contribution >= 0.6 is 0 Å². The van der Waals surface area contributed by atoms with Gasteiger partial charge in [-0.15, -0.1) is 0 Å². The molecule has 1 N–H and O–H groups in total. The second-order valence-corrected chi connectivity index (χ2v) is 5.85. The minimum Gasteiger partial charge on any atom is -0.465 e. The minimum absolute atomic E-state index is 0.0754. The van der Waals surface area contributed by atoms with Gasteiger partial charge in [0, 0.05) is 18.7 Å². The molecule has 1 amide bonds. The highest BCUT2D eigenvalue weighted by Gasteiger charge is 2.15. The third kappa shape index (κ3) is 6.47. The van der Waals surface area contributed by atoms with Crippen LogP contribution in [0.15, 0.2) is 24.3 Å². The van der Waals surface area contributed by atoms with E-state index in [0.29, 0.717) is 5.56 Å². The summed E-state index contributed by atoms with van der Waals surface area (Å²) in [5.41, 5.74) is -0.303. The second kappa shape index (κ2) is 8.09. The molecule has 8 nitrogen and oxygen atoms in total. The maximum Gasteiger partial charge on any atom is 0.407 e. The molecule has 0 atom stereocenters. The lowest BCUT2D eigenvalue weighted by Gasteiger charge is -2.19. The Morgan fingerprint density at radius 2 is 1.96 bits per heavy atom. The van der Waals surface area contributed by atoms with Gasteiger partial charge < -0.3 is 14.8 Å². The van der Waals surface area contributed by atoms with Gasteiger partial charge in [0.1, 0.15) is 5.60 Å². The van der Waals surface area contributed by atoms with Crippen molar-refractivity contribution in [1.82, 2.24) is 5.32 Å². The molecule has 0 spiro atoms. The van der Waals surface area contributed by atoms with E-state index in [1.54, 1.807) is 32.9 Å². The average molecular weight is 336 g/mol. The van der Waals surface area contributed by atoms with Gasteiger partial charge >= 0.3 is 12.1 Å². The molecular weight excluding hydrogens is 316 g/mol. The first-order valence-corrected chi connectivity index (χ1v) is 7.13. The fourth-order valence-corrected chi connectivity index (χ4v) is 1.72. The fourth-order valence-electron chi connectivity index (χ4n) is 1.72. The van der Waals surface area contributed by atoms with Crippen molar-refractivity contribution < 1.29 is 24.0 Å². The molecule has 1 aromatic carbocycles. The first kappa shape index (κ1) is 19.1. The Morgan fingerprint density at radius 1 is 1.29 bits per heavy atom. The van der Waals surface area contributed by atoms with Crippen molar-refractivity contribution in [3.63, 3.8) is 0 Å². The van der Waals surface area contributed by atoms with Crippen LogP contribution in [0, 0.1) is 10.1 Å². The summed E-state index contributed by atoms with van der Waals surface area (Å²) in [6, 6.07) is 3.92. The Bertz CT molecular complexity index is 661. The van der Waals surface area contributed by atoms with Crippen LogP contribution in [0.4, 0.5) is 10.5 Å². The number of hydrogen-bond donors (Lipinski definition) is 1. The minimum atomic E-state index is -0.666. The van der Waals surface area contributed by atoms with Crippen molar-refractivity contribution in [2.75, 3.05) is 13.7 Å². The third-order valence-electron chi connectivity index (χ3n) is 2.65. The summed E-state index contributed by atoms with van der Waals surface area (Å²) in [6.45, 7) is 5.42. The quantitative estimate of drug-likeness (QED) is 0.503. The molecule has 0 saturated carbocycles. The van der Waals surface area contributed by atoms with E-state index in [-0.39, 0.29) is 17.8 Å². The van der Waals surface area contributed by atoms with Crippen LogP contribution in [-0.4, -0.2) is 36.2 Å². The number of ether oxygens (including phenoxy) is 2. The predicted molar refractivity (Wildman–Crippen MR) is 87.7 cm³/mol. The molecule has 0 radical (unpaired) electrons. The summed E-state index contributed by atoms with van der Waals surface area (Å²) in [4.78, 5) is 33.4. The van der Waals surface area contributed by atoms with Crippen molar-refractivity contribution >= 4 is 23.8 Å². The van der Waals surface area contributed by atoms with E-state index in [4.69, 9.17) is 4.74 Å². The first-order valence-electron chi connectivity index (χ1n) is 7.13. The molecule has 0 aromatic heterocycles. The molecule has 24 heavy (non-hydrogen) atoms. The van der Waals surface area contributed by atoms with E-state index >= 15 is 0 Å². The average Bonchev–Trinajstić information content (AvgIpc) is 2.48. The number of non-ortho nitro benzene ring substituents is 1. The third-order valence-corrected chi connectivity index (χ3v) is 2.65. The maximum atomic E-state index is 11.6. The monoisotopic (exact) mass is 336 g/mol. The Morgan fingerprint density at radius 3 is 2.50 bits per heavy atom. The Labute approximate surface area is 139 Å². The van der Waals surface area contributed by atoms with Gasteiger partial charge in [0.05, 0.1) is 17.6 Å². The van der Waals surface area contributed by atoms with Crippen LogP contribution in [0.5, 0.6) is 0 Å². The maximum absolute atomic E-state index is 11.6. The lowest BCUT2D eigenvalue weighted by Crippen LogP contribution is -2.32. The van der Waals surface area contributed by atoms with Crippen LogP contribution in [0.3, 0.4) is 0 Å². The Hall–Kier alpha value is -2.90. The Kier molecular flexibility index (Phi) is 6.46. The second-order valence-electron chi connectivity index (χ2n) is 5.85. The summed E-state index contributed by atoms with van der Waals surface area (Å²) in [5, 5.41) is 13.4. The Balaban J connectivity index is 2.79.